The molecule has 17 heavy (non-hydrogen) atoms. The average Bonchev–Trinajstić information content (AvgIpc) is 2.35. The van der Waals surface area contributed by atoms with Gasteiger partial charge in [0.05, 0.1) is 11.6 Å². The molecule has 3 N–H and O–H groups in total. The molecular formula is C13H18N4. The zero-order valence-corrected chi connectivity index (χ0v) is 10.2. The molecule has 1 atom stereocenters. The van der Waals surface area contributed by atoms with E-state index in [-0.39, 0.29) is 6.04 Å². The predicted octanol–water partition coefficient (Wildman–Crippen LogP) is 1.30. The van der Waals surface area contributed by atoms with Crippen molar-refractivity contribution in [2.75, 3.05) is 20.6 Å². The van der Waals surface area contributed by atoms with Crippen LogP contribution in [0.5, 0.6) is 0 Å². The minimum atomic E-state index is 0.0867. The van der Waals surface area contributed by atoms with Gasteiger partial charge in [0.1, 0.15) is 0 Å². The van der Waals surface area contributed by atoms with Crippen LogP contribution in [0.4, 0.5) is 0 Å². The largest absolute Gasteiger partial charge is 0.329 e. The van der Waals surface area contributed by atoms with E-state index in [1.54, 1.807) is 0 Å². The Bertz CT molecular complexity index is 490. The van der Waals surface area contributed by atoms with Gasteiger partial charge in [0.25, 0.3) is 0 Å². The summed E-state index contributed by atoms with van der Waals surface area (Å²) in [5, 5.41) is 3.06. The molecule has 4 heteroatoms. The van der Waals surface area contributed by atoms with Crippen LogP contribution in [0.3, 0.4) is 0 Å². The van der Waals surface area contributed by atoms with Crippen LogP contribution in [0, 0.1) is 0 Å². The van der Waals surface area contributed by atoms with Gasteiger partial charge in [-0.2, -0.15) is 0 Å². The van der Waals surface area contributed by atoms with Gasteiger partial charge in [-0.3, -0.25) is 4.98 Å². The summed E-state index contributed by atoms with van der Waals surface area (Å²) in [4.78, 5) is 4.44. The number of nitrogens with two attached hydrogens (primary N) is 1. The Morgan fingerprint density at radius 3 is 2.76 bits per heavy atom. The smallest absolute Gasteiger partial charge is 0.0750 e. The van der Waals surface area contributed by atoms with Gasteiger partial charge in [0, 0.05) is 32.2 Å². The highest BCUT2D eigenvalue weighted by molar-refractivity contribution is 5.82. The normalized spacial score (nSPS) is 13.2. The fourth-order valence-electron chi connectivity index (χ4n) is 1.97. The summed E-state index contributed by atoms with van der Waals surface area (Å²) in [7, 11) is 3.92. The van der Waals surface area contributed by atoms with E-state index in [1.165, 1.54) is 0 Å². The maximum Gasteiger partial charge on any atom is 0.0750 e. The van der Waals surface area contributed by atoms with Crippen LogP contribution in [-0.4, -0.2) is 30.6 Å². The third kappa shape index (κ3) is 2.61. The van der Waals surface area contributed by atoms with Crippen molar-refractivity contribution < 1.29 is 0 Å². The number of nitrogens with zero attached hydrogens (tertiary/aromatic N) is 2. The van der Waals surface area contributed by atoms with Gasteiger partial charge in [-0.25, -0.2) is 10.4 Å². The predicted molar refractivity (Wildman–Crippen MR) is 70.4 cm³/mol. The summed E-state index contributed by atoms with van der Waals surface area (Å²) in [6, 6.07) is 10.3. The average molecular weight is 230 g/mol. The van der Waals surface area contributed by atoms with Crippen LogP contribution in [0.1, 0.15) is 11.6 Å². The molecule has 90 valence electrons. The topological polar surface area (TPSA) is 54.2 Å². The van der Waals surface area contributed by atoms with Gasteiger partial charge in [-0.15, -0.1) is 0 Å². The number of para-hydroxylation sites is 1. The molecule has 1 aromatic carbocycles. The Hall–Kier alpha value is -1.49. The molecule has 0 saturated heterocycles. The van der Waals surface area contributed by atoms with Crippen molar-refractivity contribution in [2.45, 2.75) is 6.04 Å². The number of pyridine rings is 1. The van der Waals surface area contributed by atoms with Crippen LogP contribution >= 0.6 is 0 Å². The van der Waals surface area contributed by atoms with Crippen LogP contribution < -0.4 is 11.2 Å². The first-order valence-corrected chi connectivity index (χ1v) is 5.69. The second-order valence-electron chi connectivity index (χ2n) is 4.23. The minimum absolute atomic E-state index is 0.0867. The summed E-state index contributed by atoms with van der Waals surface area (Å²) in [5.41, 5.74) is 11.3. The van der Waals surface area contributed by atoms with E-state index in [9.17, 15) is 0 Å². The molecule has 4 nitrogen and oxygen atoms in total. The van der Waals surface area contributed by atoms with E-state index in [1.807, 2.05) is 37.4 Å². The number of benzene rings is 1. The van der Waals surface area contributed by atoms with Crippen molar-refractivity contribution >= 4 is 10.9 Å². The Balaban J connectivity index is 2.46. The Morgan fingerprint density at radius 1 is 1.29 bits per heavy atom. The van der Waals surface area contributed by atoms with Crippen LogP contribution in [0.2, 0.25) is 0 Å². The van der Waals surface area contributed by atoms with Crippen molar-refractivity contribution in [3.05, 3.63) is 42.1 Å². The van der Waals surface area contributed by atoms with E-state index in [2.05, 4.69) is 28.6 Å². The molecule has 0 aliphatic carbocycles. The number of hydrogen-bond donors (Lipinski definition) is 2. The molecule has 1 aromatic heterocycles. The van der Waals surface area contributed by atoms with Gasteiger partial charge < -0.3 is 5.73 Å². The zero-order valence-electron chi connectivity index (χ0n) is 10.2. The lowest BCUT2D eigenvalue weighted by atomic mass is 10.0. The zero-order chi connectivity index (χ0) is 12.3. The van der Waals surface area contributed by atoms with Crippen molar-refractivity contribution in [3.8, 4) is 0 Å². The highest BCUT2D eigenvalue weighted by Gasteiger charge is 2.13. The van der Waals surface area contributed by atoms with Crippen molar-refractivity contribution in [3.63, 3.8) is 0 Å². The fourth-order valence-corrected chi connectivity index (χ4v) is 1.97. The fraction of sp³-hybridized carbons (Fsp3) is 0.308. The Kier molecular flexibility index (Phi) is 3.68. The SMILES string of the molecule is CN(C)NC(CN)c1cccc2cccnc12. The molecule has 0 fully saturated rings. The number of hydrazine groups is 1. The molecule has 0 saturated carbocycles. The van der Waals surface area contributed by atoms with Crippen LogP contribution in [0.15, 0.2) is 36.5 Å². The molecule has 1 heterocycles. The first-order valence-electron chi connectivity index (χ1n) is 5.69. The maximum atomic E-state index is 5.83. The lowest BCUT2D eigenvalue weighted by Crippen LogP contribution is -2.38. The van der Waals surface area contributed by atoms with Gasteiger partial charge in [-0.1, -0.05) is 24.3 Å². The number of aromatic nitrogens is 1. The van der Waals surface area contributed by atoms with Gasteiger partial charge >= 0.3 is 0 Å². The van der Waals surface area contributed by atoms with E-state index in [4.69, 9.17) is 5.73 Å². The van der Waals surface area contributed by atoms with E-state index >= 15 is 0 Å². The van der Waals surface area contributed by atoms with Crippen molar-refractivity contribution in [1.82, 2.24) is 15.4 Å². The first kappa shape index (κ1) is 12.0. The summed E-state index contributed by atoms with van der Waals surface area (Å²) < 4.78 is 0. The highest BCUT2D eigenvalue weighted by Crippen LogP contribution is 2.21. The molecule has 0 aliphatic rings. The van der Waals surface area contributed by atoms with Gasteiger partial charge in [0.2, 0.25) is 0 Å². The molecule has 0 aliphatic heterocycles. The quantitative estimate of drug-likeness (QED) is 0.777. The number of fused-ring (bicyclic) bond motifs is 1. The Morgan fingerprint density at radius 2 is 2.06 bits per heavy atom. The number of nitrogens with one attached hydrogen (secondary N) is 1. The lowest BCUT2D eigenvalue weighted by Gasteiger charge is -2.22. The first-order chi connectivity index (χ1) is 8.22. The summed E-state index contributed by atoms with van der Waals surface area (Å²) in [6.45, 7) is 0.536. The van der Waals surface area contributed by atoms with Gasteiger partial charge in [-0.05, 0) is 11.6 Å². The van der Waals surface area contributed by atoms with E-state index < -0.39 is 0 Å². The number of rotatable bonds is 4. The third-order valence-corrected chi connectivity index (χ3v) is 2.69. The molecule has 0 bridgehead atoms. The second-order valence-corrected chi connectivity index (χ2v) is 4.23. The molecule has 2 aromatic rings. The number of hydrogen-bond acceptors (Lipinski definition) is 4. The summed E-state index contributed by atoms with van der Waals surface area (Å²) in [5.74, 6) is 0. The summed E-state index contributed by atoms with van der Waals surface area (Å²) in [6.07, 6.45) is 1.81. The molecule has 0 amide bonds. The van der Waals surface area contributed by atoms with Gasteiger partial charge in [0.15, 0.2) is 0 Å². The molecular weight excluding hydrogens is 212 g/mol. The monoisotopic (exact) mass is 230 g/mol. The van der Waals surface area contributed by atoms with Crippen molar-refractivity contribution in [2.24, 2.45) is 5.73 Å². The van der Waals surface area contributed by atoms with E-state index in [0.29, 0.717) is 6.54 Å². The second kappa shape index (κ2) is 5.23. The maximum absolute atomic E-state index is 5.83. The molecule has 0 radical (unpaired) electrons. The highest BCUT2D eigenvalue weighted by atomic mass is 15.5. The van der Waals surface area contributed by atoms with Crippen LogP contribution in [-0.2, 0) is 0 Å². The molecule has 2 rings (SSSR count). The minimum Gasteiger partial charge on any atom is -0.329 e. The lowest BCUT2D eigenvalue weighted by molar-refractivity contribution is 0.246. The third-order valence-electron chi connectivity index (χ3n) is 2.69. The molecule has 0 spiro atoms. The van der Waals surface area contributed by atoms with Crippen LogP contribution in [0.25, 0.3) is 10.9 Å². The summed E-state index contributed by atoms with van der Waals surface area (Å²) >= 11 is 0. The standard InChI is InChI=1S/C13H18N4/c1-17(2)16-12(9-14)11-7-3-5-10-6-4-8-15-13(10)11/h3-8,12,16H,9,14H2,1-2H3. The van der Waals surface area contributed by atoms with E-state index in [0.717, 1.165) is 16.5 Å². The van der Waals surface area contributed by atoms with Crippen molar-refractivity contribution in [1.29, 1.82) is 0 Å². The molecule has 1 unspecified atom stereocenters. The Labute approximate surface area is 101 Å².